The number of hydrogen-bond donors (Lipinski definition) is 1. The van der Waals surface area contributed by atoms with Gasteiger partial charge in [0.25, 0.3) is 0 Å². The Morgan fingerprint density at radius 2 is 1.97 bits per heavy atom. The van der Waals surface area contributed by atoms with Gasteiger partial charge in [-0.25, -0.2) is 4.39 Å². The van der Waals surface area contributed by atoms with E-state index in [4.69, 9.17) is 16.3 Å². The Hall–Kier alpha value is -1.76. The fourth-order valence-corrected chi connectivity index (χ4v) is 5.65. The van der Waals surface area contributed by atoms with Crippen LogP contribution < -0.4 is 5.32 Å². The van der Waals surface area contributed by atoms with Crippen molar-refractivity contribution in [3.05, 3.63) is 41.2 Å². The Labute approximate surface area is 182 Å². The van der Waals surface area contributed by atoms with Crippen molar-refractivity contribution in [2.24, 2.45) is 17.8 Å². The first-order chi connectivity index (χ1) is 14.6. The van der Waals surface area contributed by atoms with Gasteiger partial charge in [0.1, 0.15) is 11.6 Å². The van der Waals surface area contributed by atoms with Crippen molar-refractivity contribution in [1.29, 1.82) is 0 Å². The number of nitrogens with one attached hydrogen (secondary N) is 1. The van der Waals surface area contributed by atoms with Crippen molar-refractivity contribution in [2.75, 3.05) is 38.2 Å². The number of benzene rings is 1. The van der Waals surface area contributed by atoms with E-state index in [1.165, 1.54) is 57.5 Å². The zero-order valence-corrected chi connectivity index (χ0v) is 17.8. The third-order valence-electron chi connectivity index (χ3n) is 6.82. The molecule has 1 aromatic carbocycles. The highest BCUT2D eigenvalue weighted by Gasteiger charge is 2.41. The highest BCUT2D eigenvalue weighted by atomic mass is 35.5. The molecule has 4 atom stereocenters. The third-order valence-corrected chi connectivity index (χ3v) is 7.15. The molecule has 5 rings (SSSR count). The van der Waals surface area contributed by atoms with Gasteiger partial charge in [0, 0.05) is 37.8 Å². The number of anilines is 1. The van der Waals surface area contributed by atoms with E-state index in [0.29, 0.717) is 28.2 Å². The maximum atomic E-state index is 13.5. The van der Waals surface area contributed by atoms with E-state index in [9.17, 15) is 4.39 Å². The van der Waals surface area contributed by atoms with Gasteiger partial charge in [-0.15, -0.1) is 10.2 Å². The molecule has 0 spiro atoms. The van der Waals surface area contributed by atoms with Gasteiger partial charge < -0.3 is 15.0 Å². The van der Waals surface area contributed by atoms with Gasteiger partial charge in [0.2, 0.25) is 0 Å². The SMILES string of the molecule is Fc1ccc(Cl)c(-c2ccc(N[C@H]3C[C@@H]4CN(CC5CCCOC5)C[C@@H]4C3)nn2)c1. The minimum Gasteiger partial charge on any atom is -0.381 e. The van der Waals surface area contributed by atoms with Crippen LogP contribution in [0.4, 0.5) is 10.2 Å². The van der Waals surface area contributed by atoms with Gasteiger partial charge in [-0.1, -0.05) is 11.6 Å². The van der Waals surface area contributed by atoms with Crippen LogP contribution in [0.5, 0.6) is 0 Å². The van der Waals surface area contributed by atoms with Crippen LogP contribution in [0.3, 0.4) is 0 Å². The summed E-state index contributed by atoms with van der Waals surface area (Å²) in [6.45, 7) is 5.49. The van der Waals surface area contributed by atoms with Crippen LogP contribution in [-0.2, 0) is 4.74 Å². The van der Waals surface area contributed by atoms with Crippen molar-refractivity contribution in [2.45, 2.75) is 31.7 Å². The molecule has 0 amide bonds. The largest absolute Gasteiger partial charge is 0.381 e. The summed E-state index contributed by atoms with van der Waals surface area (Å²) in [6.07, 6.45) is 4.89. The monoisotopic (exact) mass is 430 g/mol. The number of fused-ring (bicyclic) bond motifs is 1. The molecule has 1 aromatic heterocycles. The Morgan fingerprint density at radius 1 is 1.13 bits per heavy atom. The van der Waals surface area contributed by atoms with E-state index < -0.39 is 0 Å². The van der Waals surface area contributed by atoms with Crippen LogP contribution in [0.2, 0.25) is 5.02 Å². The lowest BCUT2D eigenvalue weighted by Crippen LogP contribution is -2.33. The Kier molecular flexibility index (Phi) is 5.89. The molecule has 3 aliphatic rings. The van der Waals surface area contributed by atoms with Crippen LogP contribution in [0.1, 0.15) is 25.7 Å². The second kappa shape index (κ2) is 8.77. The molecule has 2 saturated heterocycles. The zero-order valence-electron chi connectivity index (χ0n) is 17.1. The fourth-order valence-electron chi connectivity index (χ4n) is 5.44. The fraction of sp³-hybridized carbons (Fsp3) is 0.565. The Balaban J connectivity index is 1.14. The molecule has 0 bridgehead atoms. The van der Waals surface area contributed by atoms with E-state index in [1.54, 1.807) is 6.07 Å². The average molecular weight is 431 g/mol. The highest BCUT2D eigenvalue weighted by Crippen LogP contribution is 2.39. The number of halogens is 2. The van der Waals surface area contributed by atoms with Crippen LogP contribution >= 0.6 is 11.6 Å². The second-order valence-electron chi connectivity index (χ2n) is 9.06. The molecule has 1 saturated carbocycles. The van der Waals surface area contributed by atoms with Crippen LogP contribution in [-0.4, -0.2) is 54.0 Å². The summed E-state index contributed by atoms with van der Waals surface area (Å²) in [5, 5.41) is 12.6. The standard InChI is InChI=1S/C23H28ClFN4O/c24-21-4-3-18(25)10-20(21)22-5-6-23(28-27-22)26-19-8-16-12-29(13-17(16)9-19)11-15-2-1-7-30-14-15/h3-6,10,15-17,19H,1-2,7-9,11-14H2,(H,26,28)/t15?,16-,17+,19+. The van der Waals surface area contributed by atoms with Crippen molar-refractivity contribution in [3.8, 4) is 11.3 Å². The van der Waals surface area contributed by atoms with Crippen molar-refractivity contribution in [1.82, 2.24) is 15.1 Å². The molecular weight excluding hydrogens is 403 g/mol. The summed E-state index contributed by atoms with van der Waals surface area (Å²) < 4.78 is 19.2. The van der Waals surface area contributed by atoms with Crippen molar-refractivity contribution < 1.29 is 9.13 Å². The number of ether oxygens (including phenoxy) is 1. The van der Waals surface area contributed by atoms with E-state index in [0.717, 1.165) is 30.9 Å². The maximum absolute atomic E-state index is 13.5. The molecule has 1 unspecified atom stereocenters. The normalized spacial score (nSPS) is 29.1. The van der Waals surface area contributed by atoms with Crippen LogP contribution in [0, 0.1) is 23.6 Å². The minimum atomic E-state index is -0.332. The zero-order chi connectivity index (χ0) is 20.5. The van der Waals surface area contributed by atoms with Gasteiger partial charge >= 0.3 is 0 Å². The molecule has 160 valence electrons. The van der Waals surface area contributed by atoms with Crippen molar-refractivity contribution >= 4 is 17.4 Å². The number of rotatable bonds is 5. The summed E-state index contributed by atoms with van der Waals surface area (Å²) in [5.41, 5.74) is 1.14. The topological polar surface area (TPSA) is 50.3 Å². The predicted octanol–water partition coefficient (Wildman–Crippen LogP) is 4.49. The lowest BCUT2D eigenvalue weighted by atomic mass is 10.0. The summed E-state index contributed by atoms with van der Waals surface area (Å²) in [7, 11) is 0. The van der Waals surface area contributed by atoms with E-state index >= 15 is 0 Å². The molecule has 1 N–H and O–H groups in total. The van der Waals surface area contributed by atoms with Gasteiger partial charge in [0.05, 0.1) is 17.3 Å². The van der Waals surface area contributed by atoms with Gasteiger partial charge in [-0.3, -0.25) is 0 Å². The molecule has 3 heterocycles. The number of likely N-dealkylation sites (tertiary alicyclic amines) is 1. The van der Waals surface area contributed by atoms with Crippen molar-refractivity contribution in [3.63, 3.8) is 0 Å². The molecule has 1 aliphatic carbocycles. The number of hydrogen-bond acceptors (Lipinski definition) is 5. The lowest BCUT2D eigenvalue weighted by molar-refractivity contribution is 0.0407. The van der Waals surface area contributed by atoms with Crippen LogP contribution in [0.15, 0.2) is 30.3 Å². The molecule has 2 aromatic rings. The molecule has 3 fully saturated rings. The number of nitrogens with zero attached hydrogens (tertiary/aromatic N) is 3. The summed E-state index contributed by atoms with van der Waals surface area (Å²) in [6, 6.07) is 8.48. The smallest absolute Gasteiger partial charge is 0.148 e. The van der Waals surface area contributed by atoms with Gasteiger partial charge in [-0.2, -0.15) is 0 Å². The van der Waals surface area contributed by atoms with Gasteiger partial charge in [-0.05, 0) is 73.8 Å². The molecule has 30 heavy (non-hydrogen) atoms. The number of aromatic nitrogens is 2. The molecule has 0 radical (unpaired) electrons. The highest BCUT2D eigenvalue weighted by molar-refractivity contribution is 6.33. The van der Waals surface area contributed by atoms with Gasteiger partial charge in [0.15, 0.2) is 0 Å². The molecular formula is C23H28ClFN4O. The Morgan fingerprint density at radius 3 is 2.67 bits per heavy atom. The summed E-state index contributed by atoms with van der Waals surface area (Å²) >= 11 is 6.17. The van der Waals surface area contributed by atoms with E-state index in [1.807, 2.05) is 12.1 Å². The first kappa shape index (κ1) is 20.2. The second-order valence-corrected chi connectivity index (χ2v) is 9.47. The average Bonchev–Trinajstić information content (AvgIpc) is 3.29. The first-order valence-corrected chi connectivity index (χ1v) is 11.4. The molecule has 2 aliphatic heterocycles. The summed E-state index contributed by atoms with van der Waals surface area (Å²) in [5.74, 6) is 2.69. The third kappa shape index (κ3) is 4.46. The minimum absolute atomic E-state index is 0.332. The molecule has 5 nitrogen and oxygen atoms in total. The van der Waals surface area contributed by atoms with E-state index in [2.05, 4.69) is 20.4 Å². The van der Waals surface area contributed by atoms with Crippen LogP contribution in [0.25, 0.3) is 11.3 Å². The molecule has 7 heteroatoms. The lowest BCUT2D eigenvalue weighted by Gasteiger charge is -2.27. The first-order valence-electron chi connectivity index (χ1n) is 11.0. The predicted molar refractivity (Wildman–Crippen MR) is 116 cm³/mol. The van der Waals surface area contributed by atoms with E-state index in [-0.39, 0.29) is 5.82 Å². The maximum Gasteiger partial charge on any atom is 0.148 e. The summed E-state index contributed by atoms with van der Waals surface area (Å²) in [4.78, 5) is 2.65. The Bertz CT molecular complexity index is 860. The quantitative estimate of drug-likeness (QED) is 0.757.